The molecule has 1 heterocycles. The van der Waals surface area contributed by atoms with E-state index in [4.69, 9.17) is 10.9 Å². The topological polar surface area (TPSA) is 38.9 Å². The van der Waals surface area contributed by atoms with E-state index in [1.807, 2.05) is 0 Å². The van der Waals surface area contributed by atoms with Crippen molar-refractivity contribution in [1.82, 2.24) is 10.1 Å². The third kappa shape index (κ3) is 2.26. The molecule has 0 N–H and O–H groups in total. The van der Waals surface area contributed by atoms with Crippen molar-refractivity contribution in [2.75, 3.05) is 0 Å². The van der Waals surface area contributed by atoms with Crippen LogP contribution in [0.1, 0.15) is 12.3 Å². The van der Waals surface area contributed by atoms with Gasteiger partial charge in [-0.3, -0.25) is 0 Å². The first-order valence-corrected chi connectivity index (χ1v) is 4.81. The summed E-state index contributed by atoms with van der Waals surface area (Å²) in [5, 5.41) is 3.76. The summed E-state index contributed by atoms with van der Waals surface area (Å²) in [4.78, 5) is 4.12. The predicted octanol–water partition coefficient (Wildman–Crippen LogP) is 2.44. The van der Waals surface area contributed by atoms with E-state index in [0.29, 0.717) is 30.1 Å². The molecule has 1 aromatic heterocycles. The SMILES string of the molecule is C#CCCc1nc(-c2cccc(F)c2)no1. The Labute approximate surface area is 92.3 Å². The zero-order valence-corrected chi connectivity index (χ0v) is 8.48. The minimum Gasteiger partial charge on any atom is -0.339 e. The van der Waals surface area contributed by atoms with Crippen LogP contribution in [-0.2, 0) is 6.42 Å². The minimum atomic E-state index is -0.326. The molecule has 80 valence electrons. The fourth-order valence-corrected chi connectivity index (χ4v) is 1.28. The second kappa shape index (κ2) is 4.58. The Hall–Kier alpha value is -2.15. The first-order valence-electron chi connectivity index (χ1n) is 4.81. The maximum absolute atomic E-state index is 12.9. The van der Waals surface area contributed by atoms with Crippen molar-refractivity contribution in [3.63, 3.8) is 0 Å². The summed E-state index contributed by atoms with van der Waals surface area (Å²) in [6, 6.07) is 6.04. The first kappa shape index (κ1) is 10.4. The molecule has 0 bridgehead atoms. The van der Waals surface area contributed by atoms with E-state index in [1.54, 1.807) is 12.1 Å². The Morgan fingerprint density at radius 3 is 3.06 bits per heavy atom. The van der Waals surface area contributed by atoms with Gasteiger partial charge in [-0.2, -0.15) is 4.98 Å². The second-order valence-corrected chi connectivity index (χ2v) is 3.23. The van der Waals surface area contributed by atoms with Gasteiger partial charge in [0.1, 0.15) is 5.82 Å². The number of nitrogens with zero attached hydrogens (tertiary/aromatic N) is 2. The number of hydrogen-bond donors (Lipinski definition) is 0. The molecule has 0 amide bonds. The molecule has 16 heavy (non-hydrogen) atoms. The number of benzene rings is 1. The van der Waals surface area contributed by atoms with Crippen LogP contribution in [0, 0.1) is 18.2 Å². The van der Waals surface area contributed by atoms with Gasteiger partial charge in [-0.1, -0.05) is 17.3 Å². The van der Waals surface area contributed by atoms with Gasteiger partial charge in [0.05, 0.1) is 0 Å². The van der Waals surface area contributed by atoms with Gasteiger partial charge in [0.25, 0.3) is 0 Å². The molecule has 2 aromatic rings. The van der Waals surface area contributed by atoms with Crippen molar-refractivity contribution in [2.45, 2.75) is 12.8 Å². The quantitative estimate of drug-likeness (QED) is 0.740. The van der Waals surface area contributed by atoms with Crippen LogP contribution in [0.2, 0.25) is 0 Å². The molecule has 2 rings (SSSR count). The lowest BCUT2D eigenvalue weighted by Gasteiger charge is -1.92. The molecular formula is C12H9FN2O. The average molecular weight is 216 g/mol. The van der Waals surface area contributed by atoms with E-state index in [2.05, 4.69) is 16.1 Å². The summed E-state index contributed by atoms with van der Waals surface area (Å²) in [5.74, 6) is 3.01. The van der Waals surface area contributed by atoms with Crippen LogP contribution in [0.15, 0.2) is 28.8 Å². The summed E-state index contributed by atoms with van der Waals surface area (Å²) >= 11 is 0. The first-order chi connectivity index (χ1) is 7.79. The molecule has 0 aliphatic carbocycles. The van der Waals surface area contributed by atoms with Crippen molar-refractivity contribution >= 4 is 0 Å². The van der Waals surface area contributed by atoms with E-state index in [1.165, 1.54) is 12.1 Å². The smallest absolute Gasteiger partial charge is 0.227 e. The number of halogens is 1. The summed E-state index contributed by atoms with van der Waals surface area (Å²) in [6.07, 6.45) is 6.21. The molecular weight excluding hydrogens is 207 g/mol. The molecule has 0 unspecified atom stereocenters. The van der Waals surface area contributed by atoms with Crippen LogP contribution in [0.5, 0.6) is 0 Å². The highest BCUT2D eigenvalue weighted by molar-refractivity contribution is 5.53. The maximum atomic E-state index is 12.9. The fourth-order valence-electron chi connectivity index (χ4n) is 1.28. The highest BCUT2D eigenvalue weighted by atomic mass is 19.1. The van der Waals surface area contributed by atoms with Gasteiger partial charge in [-0.15, -0.1) is 12.3 Å². The van der Waals surface area contributed by atoms with Gasteiger partial charge in [-0.05, 0) is 12.1 Å². The highest BCUT2D eigenvalue weighted by Gasteiger charge is 2.08. The largest absolute Gasteiger partial charge is 0.339 e. The highest BCUT2D eigenvalue weighted by Crippen LogP contribution is 2.16. The number of terminal acetylenes is 1. The van der Waals surface area contributed by atoms with Crippen molar-refractivity contribution in [2.24, 2.45) is 0 Å². The summed E-state index contributed by atoms with van der Waals surface area (Å²) in [5.41, 5.74) is 0.593. The van der Waals surface area contributed by atoms with Crippen molar-refractivity contribution in [1.29, 1.82) is 0 Å². The average Bonchev–Trinajstić information content (AvgIpc) is 2.75. The van der Waals surface area contributed by atoms with Gasteiger partial charge >= 0.3 is 0 Å². The van der Waals surface area contributed by atoms with Crippen molar-refractivity contribution in [3.8, 4) is 23.7 Å². The maximum Gasteiger partial charge on any atom is 0.227 e. The summed E-state index contributed by atoms with van der Waals surface area (Å²) in [6.45, 7) is 0. The third-order valence-corrected chi connectivity index (χ3v) is 2.03. The van der Waals surface area contributed by atoms with Gasteiger partial charge < -0.3 is 4.52 Å². The molecule has 0 saturated carbocycles. The van der Waals surface area contributed by atoms with E-state index in [0.717, 1.165) is 0 Å². The Morgan fingerprint density at radius 2 is 2.31 bits per heavy atom. The standard InChI is InChI=1S/C12H9FN2O/c1-2-3-7-11-14-12(15-16-11)9-5-4-6-10(13)8-9/h1,4-6,8H,3,7H2. The normalized spacial score (nSPS) is 10.0. The lowest BCUT2D eigenvalue weighted by Crippen LogP contribution is -1.85. The molecule has 0 saturated heterocycles. The van der Waals surface area contributed by atoms with E-state index in [-0.39, 0.29) is 5.82 Å². The number of aromatic nitrogens is 2. The summed E-state index contributed by atoms with van der Waals surface area (Å²) in [7, 11) is 0. The monoisotopic (exact) mass is 216 g/mol. The van der Waals surface area contributed by atoms with Crippen LogP contribution < -0.4 is 0 Å². The predicted molar refractivity (Wildman–Crippen MR) is 56.8 cm³/mol. The fraction of sp³-hybridized carbons (Fsp3) is 0.167. The van der Waals surface area contributed by atoms with Crippen molar-refractivity contribution < 1.29 is 8.91 Å². The lowest BCUT2D eigenvalue weighted by atomic mass is 10.2. The number of aryl methyl sites for hydroxylation is 1. The second-order valence-electron chi connectivity index (χ2n) is 3.23. The Kier molecular flexibility index (Phi) is 2.97. The Bertz CT molecular complexity index is 528. The number of rotatable bonds is 3. The lowest BCUT2D eigenvalue weighted by molar-refractivity contribution is 0.380. The zero-order valence-electron chi connectivity index (χ0n) is 8.48. The zero-order chi connectivity index (χ0) is 11.4. The molecule has 0 fully saturated rings. The third-order valence-electron chi connectivity index (χ3n) is 2.03. The van der Waals surface area contributed by atoms with E-state index in [9.17, 15) is 4.39 Å². The van der Waals surface area contributed by atoms with Gasteiger partial charge in [0.15, 0.2) is 0 Å². The van der Waals surface area contributed by atoms with Gasteiger partial charge in [0, 0.05) is 18.4 Å². The molecule has 0 aliphatic rings. The Balaban J connectivity index is 2.22. The van der Waals surface area contributed by atoms with Gasteiger partial charge in [0.2, 0.25) is 11.7 Å². The number of hydrogen-bond acceptors (Lipinski definition) is 3. The molecule has 0 atom stereocenters. The van der Waals surface area contributed by atoms with Crippen LogP contribution in [0.3, 0.4) is 0 Å². The van der Waals surface area contributed by atoms with Gasteiger partial charge in [-0.25, -0.2) is 4.39 Å². The molecule has 3 nitrogen and oxygen atoms in total. The van der Waals surface area contributed by atoms with E-state index >= 15 is 0 Å². The molecule has 0 spiro atoms. The van der Waals surface area contributed by atoms with Crippen LogP contribution in [0.25, 0.3) is 11.4 Å². The van der Waals surface area contributed by atoms with Crippen LogP contribution >= 0.6 is 0 Å². The molecule has 0 radical (unpaired) electrons. The van der Waals surface area contributed by atoms with Crippen LogP contribution in [-0.4, -0.2) is 10.1 Å². The molecule has 0 aliphatic heterocycles. The van der Waals surface area contributed by atoms with Crippen LogP contribution in [0.4, 0.5) is 4.39 Å². The molecule has 1 aromatic carbocycles. The Morgan fingerprint density at radius 1 is 1.44 bits per heavy atom. The minimum absolute atomic E-state index is 0.326. The molecule has 4 heteroatoms. The van der Waals surface area contributed by atoms with E-state index < -0.39 is 0 Å². The van der Waals surface area contributed by atoms with Crippen molar-refractivity contribution in [3.05, 3.63) is 36.0 Å². The summed E-state index contributed by atoms with van der Waals surface area (Å²) < 4.78 is 17.9.